The summed E-state index contributed by atoms with van der Waals surface area (Å²) in [4.78, 5) is 26.5. The molecule has 3 rings (SSSR count). The minimum atomic E-state index is -4.51. The van der Waals surface area contributed by atoms with E-state index in [1.54, 1.807) is 18.2 Å². The second-order valence-electron chi connectivity index (χ2n) is 6.47. The molecule has 0 aliphatic carbocycles. The van der Waals surface area contributed by atoms with Crippen LogP contribution < -0.4 is 19.7 Å². The summed E-state index contributed by atoms with van der Waals surface area (Å²) in [6.45, 7) is 0.152. The fourth-order valence-corrected chi connectivity index (χ4v) is 3.14. The number of hydrogen-bond acceptors (Lipinski definition) is 4. The Balaban J connectivity index is 1.76. The lowest BCUT2D eigenvalue weighted by Crippen LogP contribution is -2.33. The molecule has 1 aliphatic heterocycles. The van der Waals surface area contributed by atoms with E-state index >= 15 is 0 Å². The number of carbonyl (C=O) groups is 2. The van der Waals surface area contributed by atoms with Gasteiger partial charge in [0, 0.05) is 36.1 Å². The average molecular weight is 408 g/mol. The number of benzene rings is 2. The molecule has 1 saturated heterocycles. The molecule has 154 valence electrons. The van der Waals surface area contributed by atoms with Crippen LogP contribution in [-0.4, -0.2) is 32.6 Å². The fourth-order valence-electron chi connectivity index (χ4n) is 3.14. The molecule has 0 saturated carbocycles. The number of anilines is 2. The van der Waals surface area contributed by atoms with Gasteiger partial charge in [0.1, 0.15) is 17.4 Å². The van der Waals surface area contributed by atoms with Gasteiger partial charge in [0.15, 0.2) is 0 Å². The second-order valence-corrected chi connectivity index (χ2v) is 6.47. The van der Waals surface area contributed by atoms with Crippen molar-refractivity contribution in [1.29, 1.82) is 0 Å². The minimum Gasteiger partial charge on any atom is -0.497 e. The van der Waals surface area contributed by atoms with E-state index in [9.17, 15) is 22.8 Å². The summed E-state index contributed by atoms with van der Waals surface area (Å²) in [5.74, 6) is -1.16. The van der Waals surface area contributed by atoms with Gasteiger partial charge in [0.05, 0.1) is 19.8 Å². The van der Waals surface area contributed by atoms with Crippen molar-refractivity contribution in [3.63, 3.8) is 0 Å². The van der Waals surface area contributed by atoms with E-state index in [0.717, 1.165) is 12.1 Å². The maximum atomic E-state index is 12.9. The van der Waals surface area contributed by atoms with Crippen LogP contribution in [0.5, 0.6) is 11.5 Å². The molecule has 0 aromatic heterocycles. The van der Waals surface area contributed by atoms with Crippen molar-refractivity contribution in [2.45, 2.75) is 12.6 Å². The highest BCUT2D eigenvalue weighted by Gasteiger charge is 2.38. The highest BCUT2D eigenvalue weighted by atomic mass is 19.4. The Morgan fingerprint density at radius 3 is 2.34 bits per heavy atom. The topological polar surface area (TPSA) is 67.9 Å². The van der Waals surface area contributed by atoms with Crippen LogP contribution in [0.15, 0.2) is 42.5 Å². The van der Waals surface area contributed by atoms with Crippen LogP contribution in [0.3, 0.4) is 0 Å². The number of amides is 2. The molecule has 0 bridgehead atoms. The van der Waals surface area contributed by atoms with Crippen molar-refractivity contribution < 1.29 is 32.2 Å². The number of carbonyl (C=O) groups excluding carboxylic acids is 2. The third-order valence-electron chi connectivity index (χ3n) is 4.63. The Hall–Kier alpha value is -3.23. The molecule has 29 heavy (non-hydrogen) atoms. The zero-order valence-electron chi connectivity index (χ0n) is 15.7. The third-order valence-corrected chi connectivity index (χ3v) is 4.63. The van der Waals surface area contributed by atoms with E-state index in [0.29, 0.717) is 17.2 Å². The molecule has 9 heteroatoms. The minimum absolute atomic E-state index is 0.114. The van der Waals surface area contributed by atoms with Gasteiger partial charge < -0.3 is 19.7 Å². The van der Waals surface area contributed by atoms with Crippen LogP contribution in [0.2, 0.25) is 0 Å². The van der Waals surface area contributed by atoms with Crippen LogP contribution in [0.1, 0.15) is 12.0 Å². The van der Waals surface area contributed by atoms with Gasteiger partial charge >= 0.3 is 6.18 Å². The number of nitrogens with zero attached hydrogens (tertiary/aromatic N) is 1. The highest BCUT2D eigenvalue weighted by molar-refractivity contribution is 6.13. The molecule has 1 fully saturated rings. The predicted molar refractivity (Wildman–Crippen MR) is 100 cm³/mol. The number of rotatable bonds is 5. The first-order chi connectivity index (χ1) is 13.7. The quantitative estimate of drug-likeness (QED) is 0.766. The van der Waals surface area contributed by atoms with E-state index in [-0.39, 0.29) is 18.7 Å². The first-order valence-electron chi connectivity index (χ1n) is 8.75. The first kappa shape index (κ1) is 20.5. The maximum absolute atomic E-state index is 12.9. The third kappa shape index (κ3) is 4.44. The van der Waals surface area contributed by atoms with Gasteiger partial charge in [-0.25, -0.2) is 0 Å². The van der Waals surface area contributed by atoms with Crippen molar-refractivity contribution in [1.82, 2.24) is 0 Å². The number of nitrogens with one attached hydrogen (secondary N) is 1. The van der Waals surface area contributed by atoms with E-state index in [1.807, 2.05) is 0 Å². The molecule has 0 spiro atoms. The second kappa shape index (κ2) is 8.02. The van der Waals surface area contributed by atoms with Crippen molar-refractivity contribution in [2.24, 2.45) is 5.92 Å². The van der Waals surface area contributed by atoms with Gasteiger partial charge in [-0.1, -0.05) is 6.07 Å². The van der Waals surface area contributed by atoms with Crippen LogP contribution >= 0.6 is 0 Å². The summed E-state index contributed by atoms with van der Waals surface area (Å²) in [6.07, 6.45) is -4.32. The van der Waals surface area contributed by atoms with Crippen LogP contribution in [0.4, 0.5) is 24.5 Å². The summed E-state index contributed by atoms with van der Waals surface area (Å²) >= 11 is 0. The zero-order valence-corrected chi connectivity index (χ0v) is 15.7. The summed E-state index contributed by atoms with van der Waals surface area (Å²) < 4.78 is 49.1. The fraction of sp³-hybridized carbons (Fsp3) is 0.300. The lowest BCUT2D eigenvalue weighted by atomic mass is 10.1. The van der Waals surface area contributed by atoms with Gasteiger partial charge in [-0.2, -0.15) is 13.2 Å². The lowest BCUT2D eigenvalue weighted by Gasteiger charge is -2.18. The predicted octanol–water partition coefficient (Wildman–Crippen LogP) is 3.71. The number of alkyl halides is 3. The van der Waals surface area contributed by atoms with Crippen LogP contribution in [0.25, 0.3) is 0 Å². The molecule has 0 radical (unpaired) electrons. The Labute approximate surface area is 165 Å². The van der Waals surface area contributed by atoms with E-state index in [2.05, 4.69) is 5.32 Å². The van der Waals surface area contributed by atoms with E-state index in [1.165, 1.54) is 31.3 Å². The smallest absolute Gasteiger partial charge is 0.416 e. The van der Waals surface area contributed by atoms with Gasteiger partial charge in [-0.3, -0.25) is 9.59 Å². The normalized spacial score (nSPS) is 16.7. The first-order valence-corrected chi connectivity index (χ1v) is 8.75. The lowest BCUT2D eigenvalue weighted by molar-refractivity contribution is -0.137. The molecular formula is C20H19F3N2O4. The summed E-state index contributed by atoms with van der Waals surface area (Å²) in [7, 11) is 2.93. The Kier molecular flexibility index (Phi) is 5.67. The highest BCUT2D eigenvalue weighted by Crippen LogP contribution is 2.34. The molecule has 1 atom stereocenters. The molecule has 1 heterocycles. The summed E-state index contributed by atoms with van der Waals surface area (Å²) in [5, 5.41) is 2.64. The molecule has 1 unspecified atom stereocenters. The van der Waals surface area contributed by atoms with Crippen molar-refractivity contribution >= 4 is 23.2 Å². The standard InChI is InChI=1S/C20H19F3N2O4/c1-28-15-9-13(10-16(11-15)29-2)24-18(26)17-6-7-25(19(17)27)14-5-3-4-12(8-14)20(21,22)23/h3-5,8-11,17H,6-7H2,1-2H3,(H,24,26). The molecule has 2 amide bonds. The molecule has 2 aromatic carbocycles. The van der Waals surface area contributed by atoms with Crippen molar-refractivity contribution in [2.75, 3.05) is 31.0 Å². The van der Waals surface area contributed by atoms with Crippen LogP contribution in [-0.2, 0) is 15.8 Å². The summed E-state index contributed by atoms with van der Waals surface area (Å²) in [5.41, 5.74) is -0.348. The largest absolute Gasteiger partial charge is 0.497 e. The molecule has 1 aliphatic rings. The van der Waals surface area contributed by atoms with Crippen molar-refractivity contribution in [3.8, 4) is 11.5 Å². The molecule has 2 aromatic rings. The number of ether oxygens (including phenoxy) is 2. The van der Waals surface area contributed by atoms with E-state index in [4.69, 9.17) is 9.47 Å². The monoisotopic (exact) mass is 408 g/mol. The average Bonchev–Trinajstić information content (AvgIpc) is 3.08. The Bertz CT molecular complexity index is 908. The number of hydrogen-bond donors (Lipinski definition) is 1. The van der Waals surface area contributed by atoms with E-state index < -0.39 is 29.5 Å². The maximum Gasteiger partial charge on any atom is 0.416 e. The van der Waals surface area contributed by atoms with Gasteiger partial charge in [0.25, 0.3) is 0 Å². The number of methoxy groups -OCH3 is 2. The zero-order chi connectivity index (χ0) is 21.2. The molecule has 6 nitrogen and oxygen atoms in total. The SMILES string of the molecule is COc1cc(NC(=O)C2CCN(c3cccc(C(F)(F)F)c3)C2=O)cc(OC)c1. The van der Waals surface area contributed by atoms with Gasteiger partial charge in [-0.15, -0.1) is 0 Å². The molecule has 1 N–H and O–H groups in total. The Morgan fingerprint density at radius 1 is 1.10 bits per heavy atom. The summed E-state index contributed by atoms with van der Waals surface area (Å²) in [6, 6.07) is 9.28. The van der Waals surface area contributed by atoms with Crippen molar-refractivity contribution in [3.05, 3.63) is 48.0 Å². The Morgan fingerprint density at radius 2 is 1.76 bits per heavy atom. The van der Waals surface area contributed by atoms with Crippen LogP contribution in [0, 0.1) is 5.92 Å². The van der Waals surface area contributed by atoms with Gasteiger partial charge in [0.2, 0.25) is 11.8 Å². The number of halogens is 3. The molecular weight excluding hydrogens is 389 g/mol. The van der Waals surface area contributed by atoms with Gasteiger partial charge in [-0.05, 0) is 24.6 Å².